The van der Waals surface area contributed by atoms with Crippen LogP contribution in [0, 0.1) is 16.7 Å². The maximum atomic E-state index is 13.1. The highest BCUT2D eigenvalue weighted by Gasteiger charge is 2.37. The molecule has 1 rings (SSSR count). The minimum atomic E-state index is -5.08. The van der Waals surface area contributed by atoms with E-state index in [9.17, 15) is 40.0 Å². The minimum absolute atomic E-state index is 0.0540. The summed E-state index contributed by atoms with van der Waals surface area (Å²) in [5, 5.41) is 14.2. The van der Waals surface area contributed by atoms with Gasteiger partial charge in [-0.2, -0.15) is 31.6 Å². The van der Waals surface area contributed by atoms with Gasteiger partial charge in [0, 0.05) is 18.0 Å². The molecule has 0 aromatic heterocycles. The Morgan fingerprint density at radius 3 is 1.73 bits per heavy atom. The number of nitrogens with zero attached hydrogens (tertiary/aromatic N) is 1. The molecular weight excluding hydrogens is 436 g/mol. The van der Waals surface area contributed by atoms with Crippen molar-refractivity contribution in [2.45, 2.75) is 46.1 Å². The van der Waals surface area contributed by atoms with Gasteiger partial charge in [0.2, 0.25) is 0 Å². The third-order valence-corrected chi connectivity index (χ3v) is 5.25. The molecule has 0 fully saturated rings. The molecule has 1 aromatic carbocycles. The van der Waals surface area contributed by atoms with E-state index in [4.69, 9.17) is 0 Å². The molecule has 0 heterocycles. The van der Waals surface area contributed by atoms with Crippen LogP contribution in [-0.4, -0.2) is 20.7 Å². The molecule has 0 aliphatic heterocycles. The van der Waals surface area contributed by atoms with E-state index in [1.165, 1.54) is 6.07 Å². The van der Waals surface area contributed by atoms with Gasteiger partial charge in [-0.15, -0.1) is 0 Å². The van der Waals surface area contributed by atoms with Gasteiger partial charge in [-0.05, 0) is 30.5 Å². The summed E-state index contributed by atoms with van der Waals surface area (Å²) in [6.45, 7) is 6.91. The van der Waals surface area contributed by atoms with Gasteiger partial charge in [-0.1, -0.05) is 20.8 Å². The lowest BCUT2D eigenvalue weighted by atomic mass is 9.88. The van der Waals surface area contributed by atoms with Crippen molar-refractivity contribution >= 4 is 15.5 Å². The first-order chi connectivity index (χ1) is 13.3. The van der Waals surface area contributed by atoms with Crippen LogP contribution >= 0.6 is 0 Å². The molecule has 30 heavy (non-hydrogen) atoms. The lowest BCUT2D eigenvalue weighted by Crippen LogP contribution is -2.40. The fourth-order valence-electron chi connectivity index (χ4n) is 2.09. The number of nitriles is 1. The van der Waals surface area contributed by atoms with Crippen molar-refractivity contribution in [1.29, 1.82) is 5.26 Å². The summed E-state index contributed by atoms with van der Waals surface area (Å²) in [4.78, 5) is -0.857. The van der Waals surface area contributed by atoms with Crippen LogP contribution in [0.25, 0.3) is 0 Å². The molecule has 0 amide bonds. The maximum Gasteiger partial charge on any atom is 0.416 e. The van der Waals surface area contributed by atoms with Gasteiger partial charge in [-0.3, -0.25) is 0 Å². The highest BCUT2D eigenvalue weighted by Crippen LogP contribution is 2.38. The number of rotatable bonds is 5. The first kappa shape index (κ1) is 25.6. The van der Waals surface area contributed by atoms with Crippen LogP contribution in [0.4, 0.5) is 32.0 Å². The smallest absolute Gasteiger partial charge is 0.367 e. The van der Waals surface area contributed by atoms with E-state index >= 15 is 0 Å². The van der Waals surface area contributed by atoms with E-state index in [1.54, 1.807) is 27.7 Å². The second-order valence-corrected chi connectivity index (χ2v) is 9.69. The Morgan fingerprint density at radius 2 is 1.43 bits per heavy atom. The predicted octanol–water partition coefficient (Wildman–Crippen LogP) is 4.90. The van der Waals surface area contributed by atoms with E-state index in [-0.39, 0.29) is 6.07 Å². The third-order valence-electron chi connectivity index (χ3n) is 4.22. The van der Waals surface area contributed by atoms with Crippen molar-refractivity contribution in [3.63, 3.8) is 0 Å². The zero-order valence-electron chi connectivity index (χ0n) is 16.7. The molecule has 12 heteroatoms. The molecule has 0 unspecified atom stereocenters. The highest BCUT2D eigenvalue weighted by atomic mass is 32.2. The molecule has 2 N–H and O–H groups in total. The lowest BCUT2D eigenvalue weighted by molar-refractivity contribution is -0.143. The van der Waals surface area contributed by atoms with Gasteiger partial charge in [0.1, 0.15) is 11.9 Å². The molecule has 0 spiro atoms. The van der Waals surface area contributed by atoms with Crippen LogP contribution in [0.15, 0.2) is 28.9 Å². The number of halogens is 6. The number of hydrogen-bond donors (Lipinski definition) is 2. The molecule has 168 valence electrons. The summed E-state index contributed by atoms with van der Waals surface area (Å²) in [6.07, 6.45) is -9.46. The molecule has 0 saturated carbocycles. The largest absolute Gasteiger partial charge is 0.416 e. The zero-order chi connectivity index (χ0) is 23.7. The van der Waals surface area contributed by atoms with Crippen molar-refractivity contribution in [1.82, 2.24) is 5.32 Å². The molecular formula is C18H21F6N3O2S. The summed E-state index contributed by atoms with van der Waals surface area (Å²) >= 11 is 0. The first-order valence-electron chi connectivity index (χ1n) is 8.44. The van der Waals surface area contributed by atoms with Gasteiger partial charge in [0.25, 0.3) is 0 Å². The van der Waals surface area contributed by atoms with Gasteiger partial charge in [0.15, 0.2) is 14.7 Å². The van der Waals surface area contributed by atoms with Crippen molar-refractivity contribution in [3.05, 3.63) is 40.1 Å². The van der Waals surface area contributed by atoms with Gasteiger partial charge >= 0.3 is 12.4 Å². The Labute approximate surface area is 170 Å². The third kappa shape index (κ3) is 6.83. The quantitative estimate of drug-likeness (QED) is 0.486. The van der Waals surface area contributed by atoms with Gasteiger partial charge in [-0.25, -0.2) is 8.42 Å². The second kappa shape index (κ2) is 8.37. The summed E-state index contributed by atoms with van der Waals surface area (Å²) in [5.74, 6) is -0.519. The average molecular weight is 457 g/mol. The Balaban J connectivity index is 3.68. The van der Waals surface area contributed by atoms with Crippen LogP contribution in [0.1, 0.15) is 38.8 Å². The van der Waals surface area contributed by atoms with E-state index in [1.807, 2.05) is 0 Å². The summed E-state index contributed by atoms with van der Waals surface area (Å²) in [7, 11) is -4.15. The zero-order valence-corrected chi connectivity index (χ0v) is 17.6. The van der Waals surface area contributed by atoms with E-state index in [0.29, 0.717) is 18.4 Å². The Hall–Kier alpha value is -2.42. The highest BCUT2D eigenvalue weighted by molar-refractivity contribution is 7.94. The van der Waals surface area contributed by atoms with Gasteiger partial charge in [0.05, 0.1) is 11.1 Å². The first-order valence-corrected chi connectivity index (χ1v) is 10.3. The number of alkyl halides is 6. The number of sulfone groups is 1. The fourth-order valence-corrected chi connectivity index (χ4v) is 2.73. The van der Waals surface area contributed by atoms with Crippen LogP contribution in [-0.2, 0) is 22.2 Å². The van der Waals surface area contributed by atoms with Crippen LogP contribution in [0.2, 0.25) is 0 Å². The molecule has 0 saturated heterocycles. The molecule has 5 nitrogen and oxygen atoms in total. The standard InChI is InChI=1S/C18H21F6N3O2S/c1-10(16(2,3)4)26-15(14(9-25)30(5,28)29)27-13-7-11(17(19,20)21)6-12(8-13)18(22,23)24/h6-8,10,26-27H,1-5H3/t10-/m0/s1. The van der Waals surface area contributed by atoms with E-state index < -0.39 is 61.2 Å². The Bertz CT molecular complexity index is 935. The molecule has 0 radical (unpaired) electrons. The van der Waals surface area contributed by atoms with Crippen molar-refractivity contribution in [2.75, 3.05) is 11.6 Å². The monoisotopic (exact) mass is 457 g/mol. The summed E-state index contributed by atoms with van der Waals surface area (Å²) < 4.78 is 102. The Morgan fingerprint density at radius 1 is 1.00 bits per heavy atom. The molecule has 1 aromatic rings. The number of anilines is 1. The van der Waals surface area contributed by atoms with Crippen molar-refractivity contribution in [3.8, 4) is 6.07 Å². The second-order valence-electron chi connectivity index (χ2n) is 7.74. The molecule has 0 aliphatic carbocycles. The molecule has 0 bridgehead atoms. The van der Waals surface area contributed by atoms with E-state index in [2.05, 4.69) is 10.6 Å². The predicted molar refractivity (Wildman–Crippen MR) is 99.6 cm³/mol. The van der Waals surface area contributed by atoms with Crippen molar-refractivity contribution < 1.29 is 34.8 Å². The maximum absolute atomic E-state index is 13.1. The molecule has 1 atom stereocenters. The van der Waals surface area contributed by atoms with Crippen molar-refractivity contribution in [2.24, 2.45) is 5.41 Å². The number of hydrogen-bond acceptors (Lipinski definition) is 5. The number of allylic oxidation sites excluding steroid dienone is 1. The molecule has 0 aliphatic rings. The van der Waals surface area contributed by atoms with Crippen LogP contribution in [0.5, 0.6) is 0 Å². The summed E-state index contributed by atoms with van der Waals surface area (Å²) in [5.41, 5.74) is -4.34. The topological polar surface area (TPSA) is 82.0 Å². The van der Waals surface area contributed by atoms with Crippen LogP contribution in [0.3, 0.4) is 0 Å². The SMILES string of the molecule is C[C@H](NC(Nc1cc(C(F)(F)F)cc(C(F)(F)F)c1)=C(C#N)S(C)(=O)=O)C(C)(C)C. The number of benzene rings is 1. The normalized spacial score (nSPS) is 15.1. The van der Waals surface area contributed by atoms with Gasteiger partial charge < -0.3 is 10.6 Å². The lowest BCUT2D eigenvalue weighted by Gasteiger charge is -2.30. The fraction of sp³-hybridized carbons (Fsp3) is 0.500. The minimum Gasteiger partial charge on any atom is -0.367 e. The average Bonchev–Trinajstić information content (AvgIpc) is 2.51. The summed E-state index contributed by atoms with van der Waals surface area (Å²) in [6, 6.07) is 1.66. The van der Waals surface area contributed by atoms with Crippen LogP contribution < -0.4 is 10.6 Å². The van der Waals surface area contributed by atoms with E-state index in [0.717, 1.165) is 0 Å². The number of nitrogens with one attached hydrogen (secondary N) is 2. The Kier molecular flexibility index (Phi) is 7.15.